The molecule has 1 heterocycles. The second-order valence-electron chi connectivity index (χ2n) is 5.49. The first-order valence-corrected chi connectivity index (χ1v) is 7.03. The molecule has 3 N–H and O–H groups in total. The molecule has 0 aliphatic heterocycles. The molecule has 1 fully saturated rings. The van der Waals surface area contributed by atoms with Crippen molar-refractivity contribution >= 4 is 22.7 Å². The number of benzene rings is 1. The van der Waals surface area contributed by atoms with Crippen LogP contribution in [0.5, 0.6) is 0 Å². The number of rotatable bonds is 4. The van der Waals surface area contributed by atoms with Gasteiger partial charge in [-0.3, -0.25) is 0 Å². The average Bonchev–Trinajstić information content (AvgIpc) is 2.96. The molecule has 1 aromatic carbocycles. The number of nitrogens with one attached hydrogen (secondary N) is 1. The van der Waals surface area contributed by atoms with Crippen molar-refractivity contribution in [2.45, 2.75) is 31.2 Å². The van der Waals surface area contributed by atoms with Crippen LogP contribution in [0.25, 0.3) is 10.9 Å². The summed E-state index contributed by atoms with van der Waals surface area (Å²) in [7, 11) is 0. The highest BCUT2D eigenvalue weighted by Crippen LogP contribution is 2.34. The maximum atomic E-state index is 11.2. The highest BCUT2D eigenvalue weighted by atomic mass is 16.4. The molecule has 0 unspecified atom stereocenters. The van der Waals surface area contributed by atoms with E-state index in [1.807, 2.05) is 18.2 Å². The molecule has 0 atom stereocenters. The van der Waals surface area contributed by atoms with Crippen LogP contribution >= 0.6 is 0 Å². The summed E-state index contributed by atoms with van der Waals surface area (Å²) in [6, 6.07) is 7.28. The van der Waals surface area contributed by atoms with Gasteiger partial charge in [0.1, 0.15) is 5.82 Å². The van der Waals surface area contributed by atoms with E-state index in [-0.39, 0.29) is 12.4 Å². The molecular formula is C15H17N3O3. The molecule has 110 valence electrons. The minimum Gasteiger partial charge on any atom is -0.475 e. The van der Waals surface area contributed by atoms with Gasteiger partial charge in [0.05, 0.1) is 17.7 Å². The van der Waals surface area contributed by atoms with Gasteiger partial charge in [0.25, 0.3) is 0 Å². The number of aromatic nitrogens is 2. The van der Waals surface area contributed by atoms with Gasteiger partial charge >= 0.3 is 5.97 Å². The molecule has 1 aliphatic carbocycles. The lowest BCUT2D eigenvalue weighted by Crippen LogP contribution is -2.39. The molecule has 0 bridgehead atoms. The van der Waals surface area contributed by atoms with Crippen molar-refractivity contribution < 1.29 is 15.0 Å². The third-order valence-electron chi connectivity index (χ3n) is 4.04. The fourth-order valence-corrected chi connectivity index (χ4v) is 2.89. The molecule has 2 aromatic rings. The van der Waals surface area contributed by atoms with Crippen LogP contribution in [0.3, 0.4) is 0 Å². The van der Waals surface area contributed by atoms with Gasteiger partial charge in [-0.25, -0.2) is 14.8 Å². The highest BCUT2D eigenvalue weighted by Gasteiger charge is 2.34. The SMILES string of the molecule is O=C(O)c1nc(NC2(CO)CCCC2)c2ccccc2n1. The minimum absolute atomic E-state index is 0.00767. The second-order valence-corrected chi connectivity index (χ2v) is 5.49. The number of carboxylic acid groups (broad SMARTS) is 1. The van der Waals surface area contributed by atoms with Crippen LogP contribution in [0, 0.1) is 0 Å². The zero-order chi connectivity index (χ0) is 14.9. The van der Waals surface area contributed by atoms with Gasteiger partial charge in [-0.05, 0) is 25.0 Å². The van der Waals surface area contributed by atoms with Crippen molar-refractivity contribution in [2.24, 2.45) is 0 Å². The van der Waals surface area contributed by atoms with E-state index in [0.717, 1.165) is 31.1 Å². The molecule has 0 saturated heterocycles. The Morgan fingerprint density at radius 1 is 1.24 bits per heavy atom. The number of fused-ring (bicyclic) bond motifs is 1. The van der Waals surface area contributed by atoms with Crippen LogP contribution in [0.4, 0.5) is 5.82 Å². The number of carboxylic acids is 1. The predicted octanol–water partition coefficient (Wildman–Crippen LogP) is 2.04. The van der Waals surface area contributed by atoms with Gasteiger partial charge in [0.15, 0.2) is 0 Å². The summed E-state index contributed by atoms with van der Waals surface area (Å²) in [5, 5.41) is 22.9. The standard InChI is InChI=1S/C15H17N3O3/c19-9-15(7-3-4-8-15)18-12-10-5-1-2-6-11(10)16-13(17-12)14(20)21/h1-2,5-6,19H,3-4,7-9H2,(H,20,21)(H,16,17,18). The first kappa shape index (κ1) is 13.8. The quantitative estimate of drug-likeness (QED) is 0.796. The van der Waals surface area contributed by atoms with Gasteiger partial charge in [-0.1, -0.05) is 25.0 Å². The van der Waals surface area contributed by atoms with Crippen molar-refractivity contribution in [3.8, 4) is 0 Å². The largest absolute Gasteiger partial charge is 0.475 e. The third-order valence-corrected chi connectivity index (χ3v) is 4.04. The number of hydrogen-bond donors (Lipinski definition) is 3. The smallest absolute Gasteiger partial charge is 0.374 e. The van der Waals surface area contributed by atoms with Gasteiger partial charge in [-0.2, -0.15) is 0 Å². The zero-order valence-electron chi connectivity index (χ0n) is 11.5. The van der Waals surface area contributed by atoms with E-state index in [0.29, 0.717) is 11.3 Å². The summed E-state index contributed by atoms with van der Waals surface area (Å²) in [4.78, 5) is 19.4. The van der Waals surface area contributed by atoms with Gasteiger partial charge in [0.2, 0.25) is 5.82 Å². The number of anilines is 1. The van der Waals surface area contributed by atoms with Gasteiger partial charge < -0.3 is 15.5 Å². The van der Waals surface area contributed by atoms with E-state index >= 15 is 0 Å². The van der Waals surface area contributed by atoms with Crippen molar-refractivity contribution in [3.05, 3.63) is 30.1 Å². The third kappa shape index (κ3) is 2.54. The Kier molecular flexibility index (Phi) is 3.47. The van der Waals surface area contributed by atoms with Crippen LogP contribution in [0.15, 0.2) is 24.3 Å². The van der Waals surface area contributed by atoms with Crippen molar-refractivity contribution in [1.29, 1.82) is 0 Å². The Bertz CT molecular complexity index is 681. The Morgan fingerprint density at radius 2 is 1.95 bits per heavy atom. The van der Waals surface area contributed by atoms with E-state index in [9.17, 15) is 9.90 Å². The lowest BCUT2D eigenvalue weighted by Gasteiger charge is -2.29. The molecule has 1 aliphatic rings. The Morgan fingerprint density at radius 3 is 2.62 bits per heavy atom. The topological polar surface area (TPSA) is 95.3 Å². The van der Waals surface area contributed by atoms with Crippen LogP contribution in [-0.4, -0.2) is 38.3 Å². The summed E-state index contributed by atoms with van der Waals surface area (Å²) >= 11 is 0. The maximum Gasteiger partial charge on any atom is 0.374 e. The van der Waals surface area contributed by atoms with E-state index < -0.39 is 11.5 Å². The first-order valence-electron chi connectivity index (χ1n) is 7.03. The number of hydrogen-bond acceptors (Lipinski definition) is 5. The second kappa shape index (κ2) is 5.29. The Labute approximate surface area is 121 Å². The number of aliphatic hydroxyl groups excluding tert-OH is 1. The molecule has 0 radical (unpaired) electrons. The van der Waals surface area contributed by atoms with Crippen LogP contribution in [-0.2, 0) is 0 Å². The summed E-state index contributed by atoms with van der Waals surface area (Å²) in [5.41, 5.74) is 0.172. The number of aromatic carboxylic acids is 1. The molecule has 1 aromatic heterocycles. The maximum absolute atomic E-state index is 11.2. The number of nitrogens with zero attached hydrogens (tertiary/aromatic N) is 2. The molecule has 6 heteroatoms. The lowest BCUT2D eigenvalue weighted by atomic mass is 9.98. The minimum atomic E-state index is -1.16. The van der Waals surface area contributed by atoms with Crippen LogP contribution in [0.2, 0.25) is 0 Å². The predicted molar refractivity (Wildman–Crippen MR) is 78.4 cm³/mol. The fourth-order valence-electron chi connectivity index (χ4n) is 2.89. The normalized spacial score (nSPS) is 17.0. The zero-order valence-corrected chi connectivity index (χ0v) is 11.5. The molecule has 3 rings (SSSR count). The molecule has 21 heavy (non-hydrogen) atoms. The number of aliphatic hydroxyl groups is 1. The Hall–Kier alpha value is -2.21. The van der Waals surface area contributed by atoms with E-state index in [4.69, 9.17) is 5.11 Å². The van der Waals surface area contributed by atoms with Gasteiger partial charge in [-0.15, -0.1) is 0 Å². The molecule has 6 nitrogen and oxygen atoms in total. The summed E-state index contributed by atoms with van der Waals surface area (Å²) in [6.07, 6.45) is 3.79. The monoisotopic (exact) mass is 287 g/mol. The highest BCUT2D eigenvalue weighted by molar-refractivity contribution is 5.93. The molecule has 0 spiro atoms. The summed E-state index contributed by atoms with van der Waals surface area (Å²) < 4.78 is 0. The molecule has 1 saturated carbocycles. The molecule has 0 amide bonds. The first-order chi connectivity index (χ1) is 10.1. The Balaban J connectivity index is 2.09. The number of carbonyl (C=O) groups is 1. The van der Waals surface area contributed by atoms with Crippen molar-refractivity contribution in [2.75, 3.05) is 11.9 Å². The van der Waals surface area contributed by atoms with Crippen molar-refractivity contribution in [3.63, 3.8) is 0 Å². The van der Waals surface area contributed by atoms with E-state index in [2.05, 4.69) is 15.3 Å². The number of para-hydroxylation sites is 1. The molecular weight excluding hydrogens is 270 g/mol. The van der Waals surface area contributed by atoms with Crippen LogP contribution < -0.4 is 5.32 Å². The van der Waals surface area contributed by atoms with E-state index in [1.54, 1.807) is 6.07 Å². The fraction of sp³-hybridized carbons (Fsp3) is 0.400. The van der Waals surface area contributed by atoms with Crippen molar-refractivity contribution in [1.82, 2.24) is 9.97 Å². The summed E-state index contributed by atoms with van der Waals surface area (Å²) in [6.45, 7) is 0.00767. The average molecular weight is 287 g/mol. The van der Waals surface area contributed by atoms with Gasteiger partial charge in [0, 0.05) is 5.39 Å². The van der Waals surface area contributed by atoms with E-state index in [1.165, 1.54) is 0 Å². The lowest BCUT2D eigenvalue weighted by molar-refractivity contribution is 0.0684. The van der Waals surface area contributed by atoms with Crippen LogP contribution in [0.1, 0.15) is 36.3 Å². The summed E-state index contributed by atoms with van der Waals surface area (Å²) in [5.74, 6) is -0.912.